The Morgan fingerprint density at radius 2 is 1.84 bits per heavy atom. The van der Waals surface area contributed by atoms with Crippen LogP contribution in [0.1, 0.15) is 44.5 Å². The van der Waals surface area contributed by atoms with Crippen LogP contribution in [0.3, 0.4) is 0 Å². The van der Waals surface area contributed by atoms with E-state index in [0.29, 0.717) is 57.0 Å². The van der Waals surface area contributed by atoms with E-state index in [4.69, 9.17) is 34.8 Å². The maximum absolute atomic E-state index is 14.0. The zero-order valence-corrected chi connectivity index (χ0v) is 25.2. The lowest BCUT2D eigenvalue weighted by molar-refractivity contribution is -0.119. The summed E-state index contributed by atoms with van der Waals surface area (Å²) in [6.07, 6.45) is 7.18. The summed E-state index contributed by atoms with van der Waals surface area (Å²) in [4.78, 5) is 31.2. The number of anilines is 1. The molecular weight excluding hydrogens is 637 g/mol. The number of hydrogen-bond donors (Lipinski definition) is 1. The van der Waals surface area contributed by atoms with E-state index in [-0.39, 0.29) is 33.0 Å². The van der Waals surface area contributed by atoms with Gasteiger partial charge in [-0.25, -0.2) is 9.36 Å². The second-order valence-corrected chi connectivity index (χ2v) is 11.6. The lowest BCUT2D eigenvalue weighted by atomic mass is 9.96. The van der Waals surface area contributed by atoms with E-state index in [0.717, 1.165) is 0 Å². The Bertz CT molecular complexity index is 1940. The summed E-state index contributed by atoms with van der Waals surface area (Å²) >= 11 is 19.2. The number of pyridine rings is 2. The van der Waals surface area contributed by atoms with Gasteiger partial charge in [-0.3, -0.25) is 14.6 Å². The van der Waals surface area contributed by atoms with Gasteiger partial charge in [0.2, 0.25) is 5.91 Å². The van der Waals surface area contributed by atoms with Gasteiger partial charge >= 0.3 is 6.55 Å². The fourth-order valence-electron chi connectivity index (χ4n) is 5.36. The van der Waals surface area contributed by atoms with Gasteiger partial charge in [0.15, 0.2) is 5.15 Å². The van der Waals surface area contributed by atoms with Gasteiger partial charge in [-0.1, -0.05) is 53.4 Å². The van der Waals surface area contributed by atoms with Crippen LogP contribution in [0.25, 0.3) is 28.1 Å². The average Bonchev–Trinajstić information content (AvgIpc) is 3.62. The Kier molecular flexibility index (Phi) is 8.23. The molecule has 6 rings (SSSR count). The van der Waals surface area contributed by atoms with Crippen LogP contribution in [-0.4, -0.2) is 40.2 Å². The van der Waals surface area contributed by atoms with Crippen LogP contribution >= 0.6 is 34.8 Å². The summed E-state index contributed by atoms with van der Waals surface area (Å²) in [5.41, 5.74) is 2.10. The topological polar surface area (TPSA) is 113 Å². The molecule has 0 saturated carbocycles. The third-order valence-electron chi connectivity index (χ3n) is 7.53. The van der Waals surface area contributed by atoms with Gasteiger partial charge in [0.25, 0.3) is 5.56 Å². The fraction of sp³-hybridized carbons (Fsp3) is 0.241. The molecule has 0 saturated heterocycles. The second-order valence-electron chi connectivity index (χ2n) is 10.4. The quantitative estimate of drug-likeness (QED) is 0.221. The Morgan fingerprint density at radius 3 is 2.59 bits per heavy atom. The fourth-order valence-corrected chi connectivity index (χ4v) is 5.92. The van der Waals surface area contributed by atoms with Crippen molar-refractivity contribution < 1.29 is 13.6 Å². The zero-order valence-electron chi connectivity index (χ0n) is 23.0. The summed E-state index contributed by atoms with van der Waals surface area (Å²) in [6, 6.07) is 8.99. The SMILES string of the molecule is CC1CCCC(n2cc(Cl)c(-c3cc(Cl)ccc3-n3cc(Cl)nn3)cc2=O)c2cc(ccn2)-c2c(cnn2C(F)F)NC1=O. The molecular formula is C29H23Cl3F2N8O2. The van der Waals surface area contributed by atoms with Crippen molar-refractivity contribution in [2.24, 2.45) is 5.92 Å². The highest BCUT2D eigenvalue weighted by Gasteiger charge is 2.26. The maximum Gasteiger partial charge on any atom is 0.333 e. The molecule has 1 aliphatic rings. The first-order valence-electron chi connectivity index (χ1n) is 13.5. The first-order chi connectivity index (χ1) is 21.1. The third kappa shape index (κ3) is 5.72. The zero-order chi connectivity index (χ0) is 31.1. The van der Waals surface area contributed by atoms with Crippen molar-refractivity contribution in [1.82, 2.24) is 34.3 Å². The molecule has 0 radical (unpaired) electrons. The van der Waals surface area contributed by atoms with Crippen molar-refractivity contribution in [3.8, 4) is 28.1 Å². The molecule has 226 valence electrons. The third-order valence-corrected chi connectivity index (χ3v) is 8.23. The first-order valence-corrected chi connectivity index (χ1v) is 14.7. The van der Waals surface area contributed by atoms with Crippen molar-refractivity contribution in [3.63, 3.8) is 0 Å². The normalized spacial score (nSPS) is 17.1. The lowest BCUT2D eigenvalue weighted by Gasteiger charge is -2.23. The number of amides is 1. The van der Waals surface area contributed by atoms with Crippen LogP contribution in [0.4, 0.5) is 14.5 Å². The first kappa shape index (κ1) is 29.9. The standard InChI is InChI=1S/C29H23Cl3F2N8O2/c1-15-3-2-4-24(21-9-16(7-8-35-21)27-22(37-28(15)44)12-36-42(27)29(33)34)40-13-20(31)18(11-26(40)43)19-10-17(30)5-6-23(19)41-14-25(32)38-39-41/h5-15,24,29H,2-4H2,1H3,(H,37,44). The van der Waals surface area contributed by atoms with E-state index in [9.17, 15) is 18.4 Å². The molecule has 10 nitrogen and oxygen atoms in total. The highest BCUT2D eigenvalue weighted by atomic mass is 35.5. The van der Waals surface area contributed by atoms with E-state index in [1.807, 2.05) is 0 Å². The van der Waals surface area contributed by atoms with Gasteiger partial charge < -0.3 is 9.88 Å². The Hall–Kier alpha value is -4.13. The number of nitrogens with one attached hydrogen (secondary N) is 1. The van der Waals surface area contributed by atoms with Crippen LogP contribution in [0.2, 0.25) is 15.2 Å². The molecule has 2 unspecified atom stereocenters. The number of rotatable bonds is 4. The maximum atomic E-state index is 14.0. The van der Waals surface area contributed by atoms with Gasteiger partial charge in [0.05, 0.1) is 46.2 Å². The molecule has 4 aromatic heterocycles. The van der Waals surface area contributed by atoms with Crippen LogP contribution in [-0.2, 0) is 4.79 Å². The van der Waals surface area contributed by atoms with E-state index in [1.54, 1.807) is 37.3 Å². The summed E-state index contributed by atoms with van der Waals surface area (Å²) in [5, 5.41) is 15.2. The molecule has 5 heterocycles. The molecule has 2 bridgehead atoms. The number of nitrogens with zero attached hydrogens (tertiary/aromatic N) is 7. The largest absolute Gasteiger partial charge is 0.333 e. The van der Waals surface area contributed by atoms with Crippen LogP contribution in [0.15, 0.2) is 66.0 Å². The van der Waals surface area contributed by atoms with Crippen molar-refractivity contribution in [1.29, 1.82) is 0 Å². The van der Waals surface area contributed by atoms with Crippen LogP contribution in [0.5, 0.6) is 0 Å². The number of aromatic nitrogens is 7. The molecule has 1 aromatic carbocycles. The molecule has 1 N–H and O–H groups in total. The monoisotopic (exact) mass is 658 g/mol. The lowest BCUT2D eigenvalue weighted by Crippen LogP contribution is -2.27. The Labute approximate surface area is 264 Å². The molecule has 5 aromatic rings. The summed E-state index contributed by atoms with van der Waals surface area (Å²) in [5.74, 6) is -0.750. The molecule has 2 atom stereocenters. The van der Waals surface area contributed by atoms with E-state index in [1.165, 1.54) is 40.1 Å². The molecule has 0 spiro atoms. The smallest absolute Gasteiger partial charge is 0.323 e. The van der Waals surface area contributed by atoms with Crippen molar-refractivity contribution in [2.45, 2.75) is 38.8 Å². The predicted molar refractivity (Wildman–Crippen MR) is 163 cm³/mol. The van der Waals surface area contributed by atoms with Crippen LogP contribution in [0, 0.1) is 5.92 Å². The number of halogens is 5. The minimum atomic E-state index is -2.95. The minimum Gasteiger partial charge on any atom is -0.323 e. The number of carbonyl (C=O) groups excluding carboxylic acids is 1. The molecule has 1 amide bonds. The van der Waals surface area contributed by atoms with Crippen LogP contribution < -0.4 is 10.9 Å². The van der Waals surface area contributed by atoms with Gasteiger partial charge in [-0.2, -0.15) is 13.9 Å². The summed E-state index contributed by atoms with van der Waals surface area (Å²) in [6.45, 7) is -1.19. The number of benzene rings is 1. The average molecular weight is 660 g/mol. The van der Waals surface area contributed by atoms with Gasteiger partial charge in [0, 0.05) is 46.1 Å². The van der Waals surface area contributed by atoms with Gasteiger partial charge in [0.1, 0.15) is 0 Å². The van der Waals surface area contributed by atoms with E-state index >= 15 is 0 Å². The van der Waals surface area contributed by atoms with E-state index in [2.05, 4.69) is 25.7 Å². The molecule has 15 heteroatoms. The Balaban J connectivity index is 1.48. The van der Waals surface area contributed by atoms with Crippen molar-refractivity contribution in [2.75, 3.05) is 5.32 Å². The highest BCUT2D eigenvalue weighted by molar-refractivity contribution is 6.34. The number of hydrogen-bond acceptors (Lipinski definition) is 6. The highest BCUT2D eigenvalue weighted by Crippen LogP contribution is 2.37. The molecule has 44 heavy (non-hydrogen) atoms. The number of fused-ring (bicyclic) bond motifs is 4. The molecule has 1 aliphatic heterocycles. The number of carbonyl (C=O) groups is 1. The number of alkyl halides is 2. The molecule has 0 aliphatic carbocycles. The molecule has 0 fully saturated rings. The van der Waals surface area contributed by atoms with Gasteiger partial charge in [-0.05, 0) is 43.2 Å². The summed E-state index contributed by atoms with van der Waals surface area (Å²) < 4.78 is 31.4. The second kappa shape index (κ2) is 12.1. The van der Waals surface area contributed by atoms with Crippen molar-refractivity contribution >= 4 is 46.4 Å². The predicted octanol–water partition coefficient (Wildman–Crippen LogP) is 7.06. The van der Waals surface area contributed by atoms with E-state index < -0.39 is 18.5 Å². The van der Waals surface area contributed by atoms with Crippen molar-refractivity contribution in [3.05, 3.63) is 92.4 Å². The summed E-state index contributed by atoms with van der Waals surface area (Å²) in [7, 11) is 0. The Morgan fingerprint density at radius 1 is 1.02 bits per heavy atom. The van der Waals surface area contributed by atoms with Gasteiger partial charge in [-0.15, -0.1) is 5.10 Å². The minimum absolute atomic E-state index is 0.0333.